The number of aliphatic carboxylic acids is 1. The Kier molecular flexibility index (Phi) is 7.87. The fourth-order valence-electron chi connectivity index (χ4n) is 3.38. The molecule has 1 fully saturated rings. The van der Waals surface area contributed by atoms with Crippen molar-refractivity contribution in [3.63, 3.8) is 0 Å². The molecule has 4 nitrogen and oxygen atoms in total. The van der Waals surface area contributed by atoms with Crippen LogP contribution in [-0.2, 0) is 15.8 Å². The summed E-state index contributed by atoms with van der Waals surface area (Å²) in [6.07, 6.45) is -1.21. The van der Waals surface area contributed by atoms with Gasteiger partial charge in [-0.15, -0.1) is 0 Å². The molecule has 0 aliphatic carbocycles. The molecule has 174 valence electrons. The van der Waals surface area contributed by atoms with E-state index in [0.717, 1.165) is 35.2 Å². The van der Waals surface area contributed by atoms with E-state index in [4.69, 9.17) is 23.8 Å². The number of thiocarbonyl (C=S) groups is 1. The van der Waals surface area contributed by atoms with Crippen LogP contribution in [0, 0.1) is 0 Å². The van der Waals surface area contributed by atoms with Gasteiger partial charge in [-0.2, -0.15) is 13.2 Å². The summed E-state index contributed by atoms with van der Waals surface area (Å²) in [4.78, 5) is 25.9. The Morgan fingerprint density at radius 2 is 2.00 bits per heavy atom. The number of halogens is 4. The number of thioether (sulfide) groups is 1. The lowest BCUT2D eigenvalue weighted by molar-refractivity contribution is -0.145. The third-order valence-electron chi connectivity index (χ3n) is 5.04. The van der Waals surface area contributed by atoms with Crippen molar-refractivity contribution in [2.24, 2.45) is 0 Å². The Labute approximate surface area is 203 Å². The van der Waals surface area contributed by atoms with Gasteiger partial charge in [-0.25, -0.2) is 4.79 Å². The summed E-state index contributed by atoms with van der Waals surface area (Å²) in [5.74, 6) is -1.61. The monoisotopic (exact) mass is 513 g/mol. The van der Waals surface area contributed by atoms with Crippen LogP contribution in [0.5, 0.6) is 0 Å². The zero-order chi connectivity index (χ0) is 24.3. The quantitative estimate of drug-likeness (QED) is 0.323. The minimum atomic E-state index is -4.47. The van der Waals surface area contributed by atoms with E-state index in [1.165, 1.54) is 18.2 Å². The van der Waals surface area contributed by atoms with Crippen LogP contribution in [0.4, 0.5) is 13.2 Å². The Bertz CT molecular complexity index is 1130. The molecule has 1 N–H and O–H groups in total. The van der Waals surface area contributed by atoms with Crippen molar-refractivity contribution in [2.45, 2.75) is 38.4 Å². The van der Waals surface area contributed by atoms with Gasteiger partial charge in [-0.05, 0) is 41.8 Å². The maximum Gasteiger partial charge on any atom is 0.416 e. The summed E-state index contributed by atoms with van der Waals surface area (Å²) < 4.78 is 39.2. The molecule has 1 aliphatic heterocycles. The fraction of sp³-hybridized carbons (Fsp3) is 0.261. The van der Waals surface area contributed by atoms with Crippen molar-refractivity contribution in [3.8, 4) is 11.1 Å². The van der Waals surface area contributed by atoms with Crippen LogP contribution in [-0.4, -0.2) is 32.2 Å². The average Bonchev–Trinajstić information content (AvgIpc) is 3.01. The molecule has 2 aromatic carbocycles. The molecule has 1 aliphatic rings. The van der Waals surface area contributed by atoms with E-state index in [0.29, 0.717) is 29.5 Å². The molecule has 1 amide bonds. The molecule has 0 bridgehead atoms. The highest BCUT2D eigenvalue weighted by Crippen LogP contribution is 2.37. The molecule has 0 radical (unpaired) electrons. The van der Waals surface area contributed by atoms with Gasteiger partial charge in [-0.1, -0.05) is 79.6 Å². The highest BCUT2D eigenvalue weighted by atomic mass is 35.5. The first-order valence-corrected chi connectivity index (χ1v) is 11.6. The number of hydrogen-bond acceptors (Lipinski definition) is 4. The molecular weight excluding hydrogens is 495 g/mol. The Morgan fingerprint density at radius 3 is 2.61 bits per heavy atom. The Morgan fingerprint density at radius 1 is 1.27 bits per heavy atom. The van der Waals surface area contributed by atoms with Crippen LogP contribution in [0.25, 0.3) is 17.2 Å². The number of amides is 1. The van der Waals surface area contributed by atoms with Gasteiger partial charge in [0.2, 0.25) is 0 Å². The third kappa shape index (κ3) is 5.77. The predicted molar refractivity (Wildman–Crippen MR) is 128 cm³/mol. The normalized spacial score (nSPS) is 16.5. The second-order valence-corrected chi connectivity index (χ2v) is 9.45. The molecule has 1 saturated heterocycles. The average molecular weight is 514 g/mol. The molecule has 33 heavy (non-hydrogen) atoms. The van der Waals surface area contributed by atoms with Crippen LogP contribution in [0.1, 0.15) is 37.3 Å². The number of carboxylic acid groups (broad SMARTS) is 1. The number of carboxylic acids is 1. The minimum absolute atomic E-state index is 0.168. The van der Waals surface area contributed by atoms with Crippen LogP contribution >= 0.6 is 35.6 Å². The summed E-state index contributed by atoms with van der Waals surface area (Å²) in [7, 11) is 0. The number of unbranched alkanes of at least 4 members (excludes halogenated alkanes) is 1. The van der Waals surface area contributed by atoms with E-state index in [2.05, 4.69) is 0 Å². The van der Waals surface area contributed by atoms with Gasteiger partial charge in [0.1, 0.15) is 10.4 Å². The van der Waals surface area contributed by atoms with Crippen molar-refractivity contribution in [3.05, 3.63) is 63.5 Å². The van der Waals surface area contributed by atoms with Crippen molar-refractivity contribution < 1.29 is 27.9 Å². The number of rotatable bonds is 7. The molecule has 0 unspecified atom stereocenters. The van der Waals surface area contributed by atoms with Crippen LogP contribution in [0.15, 0.2) is 47.4 Å². The van der Waals surface area contributed by atoms with Crippen LogP contribution in [0.2, 0.25) is 5.02 Å². The van der Waals surface area contributed by atoms with Gasteiger partial charge < -0.3 is 5.11 Å². The van der Waals surface area contributed by atoms with Crippen molar-refractivity contribution >= 4 is 57.9 Å². The second-order valence-electron chi connectivity index (χ2n) is 7.37. The molecular formula is C23H19ClF3NO3S2. The van der Waals surface area contributed by atoms with Crippen molar-refractivity contribution in [1.29, 1.82) is 0 Å². The van der Waals surface area contributed by atoms with Gasteiger partial charge in [0.05, 0.1) is 10.5 Å². The van der Waals surface area contributed by atoms with Crippen molar-refractivity contribution in [2.75, 3.05) is 0 Å². The number of carbonyl (C=O) groups excluding carboxylic acids is 1. The Hall–Kier alpha value is -2.36. The summed E-state index contributed by atoms with van der Waals surface area (Å²) in [6, 6.07) is 8.55. The highest BCUT2D eigenvalue weighted by molar-refractivity contribution is 8.26. The molecule has 0 saturated carbocycles. The lowest BCUT2D eigenvalue weighted by Gasteiger charge is -2.22. The smallest absolute Gasteiger partial charge is 0.416 e. The lowest BCUT2D eigenvalue weighted by Crippen LogP contribution is -2.43. The zero-order valence-electron chi connectivity index (χ0n) is 17.4. The number of carbonyl (C=O) groups is 2. The standard InChI is InChI=1S/C23H19ClF3NO3S2/c1-2-3-7-18(21(30)31)28-20(29)19(33-22(28)32)11-13-8-9-16(17(24)10-13)14-5-4-6-15(12-14)23(25,26)27/h4-6,8-12,18H,2-3,7H2,1H3,(H,30,31)/b19-11-/t18-/m0/s1. The van der Waals surface area contributed by atoms with Crippen LogP contribution < -0.4 is 0 Å². The number of alkyl halides is 3. The molecule has 10 heteroatoms. The van der Waals surface area contributed by atoms with Crippen LogP contribution in [0.3, 0.4) is 0 Å². The molecule has 3 rings (SSSR count). The van der Waals surface area contributed by atoms with Gasteiger partial charge >= 0.3 is 12.1 Å². The van der Waals surface area contributed by atoms with E-state index in [9.17, 15) is 27.9 Å². The fourth-order valence-corrected chi connectivity index (χ4v) is 5.03. The lowest BCUT2D eigenvalue weighted by atomic mass is 10.0. The molecule has 0 spiro atoms. The predicted octanol–water partition coefficient (Wildman–Crippen LogP) is 6.87. The molecule has 1 atom stereocenters. The molecule has 1 heterocycles. The largest absolute Gasteiger partial charge is 0.480 e. The van der Waals surface area contributed by atoms with E-state index in [-0.39, 0.29) is 14.2 Å². The summed E-state index contributed by atoms with van der Waals surface area (Å²) >= 11 is 12.6. The molecule has 0 aromatic heterocycles. The van der Waals surface area contributed by atoms with E-state index in [1.54, 1.807) is 18.2 Å². The first kappa shape index (κ1) is 25.3. The van der Waals surface area contributed by atoms with Gasteiger partial charge in [0.15, 0.2) is 0 Å². The highest BCUT2D eigenvalue weighted by Gasteiger charge is 2.40. The summed E-state index contributed by atoms with van der Waals surface area (Å²) in [5, 5.41) is 9.76. The summed E-state index contributed by atoms with van der Waals surface area (Å²) in [5.41, 5.74) is 0.488. The second kappa shape index (κ2) is 10.3. The SMILES string of the molecule is CCCC[C@@H](C(=O)O)N1C(=O)/C(=C/c2ccc(-c3cccc(C(F)(F)F)c3)c(Cl)c2)SC1=S. The topological polar surface area (TPSA) is 57.6 Å². The third-order valence-corrected chi connectivity index (χ3v) is 6.69. The number of nitrogens with zero attached hydrogens (tertiary/aromatic N) is 1. The first-order chi connectivity index (χ1) is 15.5. The number of benzene rings is 2. The van der Waals surface area contributed by atoms with Gasteiger partial charge in [-0.3, -0.25) is 9.69 Å². The first-order valence-electron chi connectivity index (χ1n) is 10.00. The van der Waals surface area contributed by atoms with E-state index < -0.39 is 29.7 Å². The maximum atomic E-state index is 13.0. The maximum absolute atomic E-state index is 13.0. The Balaban J connectivity index is 1.88. The minimum Gasteiger partial charge on any atom is -0.480 e. The zero-order valence-corrected chi connectivity index (χ0v) is 19.7. The molecule has 2 aromatic rings. The summed E-state index contributed by atoms with van der Waals surface area (Å²) in [6.45, 7) is 1.93. The van der Waals surface area contributed by atoms with Crippen molar-refractivity contribution in [1.82, 2.24) is 4.90 Å². The van der Waals surface area contributed by atoms with Gasteiger partial charge in [0, 0.05) is 10.6 Å². The van der Waals surface area contributed by atoms with E-state index >= 15 is 0 Å². The number of hydrogen-bond donors (Lipinski definition) is 1. The van der Waals surface area contributed by atoms with E-state index in [1.807, 2.05) is 6.92 Å². The van der Waals surface area contributed by atoms with Gasteiger partial charge in [0.25, 0.3) is 5.91 Å².